The van der Waals surface area contributed by atoms with Crippen LogP contribution in [0.25, 0.3) is 0 Å². The van der Waals surface area contributed by atoms with Crippen molar-refractivity contribution in [2.75, 3.05) is 17.2 Å². The van der Waals surface area contributed by atoms with Gasteiger partial charge in [-0.3, -0.25) is 9.88 Å². The zero-order chi connectivity index (χ0) is 17.2. The fraction of sp³-hybridized carbons (Fsp3) is 0.526. The van der Waals surface area contributed by atoms with Gasteiger partial charge in [0.2, 0.25) is 5.95 Å². The van der Waals surface area contributed by atoms with Crippen LogP contribution in [0.5, 0.6) is 0 Å². The highest BCUT2D eigenvalue weighted by Crippen LogP contribution is 2.30. The molecule has 2 aromatic rings. The van der Waals surface area contributed by atoms with Crippen LogP contribution in [-0.2, 0) is 19.5 Å². The molecule has 0 spiro atoms. The molecule has 1 aliphatic carbocycles. The average Bonchev–Trinajstić information content (AvgIpc) is 3.40. The number of fused-ring (bicyclic) bond motifs is 1. The van der Waals surface area contributed by atoms with E-state index in [0.717, 1.165) is 37.8 Å². The van der Waals surface area contributed by atoms with E-state index in [1.807, 2.05) is 18.5 Å². The van der Waals surface area contributed by atoms with E-state index >= 15 is 0 Å². The molecule has 132 valence electrons. The molecule has 1 saturated carbocycles. The van der Waals surface area contributed by atoms with Crippen LogP contribution in [0.1, 0.15) is 43.5 Å². The third-order valence-electron chi connectivity index (χ3n) is 4.60. The van der Waals surface area contributed by atoms with Crippen LogP contribution in [0.3, 0.4) is 0 Å². The Hall–Kier alpha value is -2.21. The number of anilines is 2. The lowest BCUT2D eigenvalue weighted by atomic mass is 10.1. The SMILES string of the molecule is CC(C)Nc1nc2c(c(NC3CC3)n1)CN(Cc1cccnc1)CC2. The van der Waals surface area contributed by atoms with Crippen LogP contribution < -0.4 is 10.6 Å². The summed E-state index contributed by atoms with van der Waals surface area (Å²) >= 11 is 0. The van der Waals surface area contributed by atoms with Crippen molar-refractivity contribution < 1.29 is 0 Å². The van der Waals surface area contributed by atoms with Gasteiger partial charge in [0, 0.05) is 56.1 Å². The Morgan fingerprint density at radius 1 is 1.28 bits per heavy atom. The van der Waals surface area contributed by atoms with Crippen molar-refractivity contribution in [2.45, 2.75) is 58.3 Å². The van der Waals surface area contributed by atoms with Gasteiger partial charge in [-0.05, 0) is 38.3 Å². The third kappa shape index (κ3) is 4.07. The summed E-state index contributed by atoms with van der Waals surface area (Å²) in [6.07, 6.45) is 7.22. The molecule has 0 radical (unpaired) electrons. The summed E-state index contributed by atoms with van der Waals surface area (Å²) < 4.78 is 0. The number of nitrogens with one attached hydrogen (secondary N) is 2. The van der Waals surface area contributed by atoms with E-state index < -0.39 is 0 Å². The highest BCUT2D eigenvalue weighted by atomic mass is 15.2. The Labute approximate surface area is 149 Å². The quantitative estimate of drug-likeness (QED) is 0.844. The molecular formula is C19H26N6. The van der Waals surface area contributed by atoms with Gasteiger partial charge in [-0.1, -0.05) is 6.07 Å². The summed E-state index contributed by atoms with van der Waals surface area (Å²) in [6.45, 7) is 7.06. The Bertz CT molecular complexity index is 726. The van der Waals surface area contributed by atoms with E-state index in [2.05, 4.69) is 40.4 Å². The molecule has 0 bridgehead atoms. The normalized spacial score (nSPS) is 17.4. The molecule has 0 saturated heterocycles. The molecule has 0 atom stereocenters. The second-order valence-electron chi connectivity index (χ2n) is 7.36. The fourth-order valence-electron chi connectivity index (χ4n) is 3.22. The highest BCUT2D eigenvalue weighted by molar-refractivity contribution is 5.53. The van der Waals surface area contributed by atoms with Crippen molar-refractivity contribution in [3.63, 3.8) is 0 Å². The summed E-state index contributed by atoms with van der Waals surface area (Å²) in [5, 5.41) is 6.97. The lowest BCUT2D eigenvalue weighted by Gasteiger charge is -2.30. The molecule has 0 amide bonds. The summed E-state index contributed by atoms with van der Waals surface area (Å²) in [7, 11) is 0. The van der Waals surface area contributed by atoms with Gasteiger partial charge < -0.3 is 10.6 Å². The first-order valence-electron chi connectivity index (χ1n) is 9.21. The van der Waals surface area contributed by atoms with Gasteiger partial charge in [0.1, 0.15) is 5.82 Å². The lowest BCUT2D eigenvalue weighted by molar-refractivity contribution is 0.243. The van der Waals surface area contributed by atoms with Crippen molar-refractivity contribution >= 4 is 11.8 Å². The summed E-state index contributed by atoms with van der Waals surface area (Å²) in [4.78, 5) is 16.2. The number of pyridine rings is 1. The summed E-state index contributed by atoms with van der Waals surface area (Å²) in [6, 6.07) is 5.05. The van der Waals surface area contributed by atoms with Crippen molar-refractivity contribution in [3.8, 4) is 0 Å². The molecule has 6 heteroatoms. The van der Waals surface area contributed by atoms with Crippen molar-refractivity contribution in [3.05, 3.63) is 41.3 Å². The third-order valence-corrected chi connectivity index (χ3v) is 4.60. The Morgan fingerprint density at radius 2 is 2.16 bits per heavy atom. The summed E-state index contributed by atoms with van der Waals surface area (Å²) in [5.74, 6) is 1.77. The van der Waals surface area contributed by atoms with Crippen LogP contribution in [0.4, 0.5) is 11.8 Å². The highest BCUT2D eigenvalue weighted by Gasteiger charge is 2.27. The number of nitrogens with zero attached hydrogens (tertiary/aromatic N) is 4. The maximum Gasteiger partial charge on any atom is 0.225 e. The molecule has 3 heterocycles. The average molecular weight is 338 g/mol. The Balaban J connectivity index is 1.56. The molecule has 4 rings (SSSR count). The predicted octanol–water partition coefficient (Wildman–Crippen LogP) is 2.82. The molecule has 1 aliphatic heterocycles. The van der Waals surface area contributed by atoms with Gasteiger partial charge in [0.15, 0.2) is 0 Å². The lowest BCUT2D eigenvalue weighted by Crippen LogP contribution is -2.32. The predicted molar refractivity (Wildman–Crippen MR) is 99.5 cm³/mol. The second kappa shape index (κ2) is 6.96. The molecule has 0 aromatic carbocycles. The zero-order valence-electron chi connectivity index (χ0n) is 15.0. The molecule has 2 N–H and O–H groups in total. The van der Waals surface area contributed by atoms with Gasteiger partial charge in [-0.25, -0.2) is 4.98 Å². The van der Waals surface area contributed by atoms with Gasteiger partial charge in [-0.15, -0.1) is 0 Å². The topological polar surface area (TPSA) is 66.0 Å². The smallest absolute Gasteiger partial charge is 0.225 e. The first-order chi connectivity index (χ1) is 12.2. The minimum absolute atomic E-state index is 0.331. The Morgan fingerprint density at radius 3 is 2.88 bits per heavy atom. The molecular weight excluding hydrogens is 312 g/mol. The largest absolute Gasteiger partial charge is 0.367 e. The van der Waals surface area contributed by atoms with Crippen molar-refractivity contribution in [2.24, 2.45) is 0 Å². The second-order valence-corrected chi connectivity index (χ2v) is 7.36. The maximum absolute atomic E-state index is 4.78. The Kier molecular flexibility index (Phi) is 4.53. The van der Waals surface area contributed by atoms with E-state index in [9.17, 15) is 0 Å². The van der Waals surface area contributed by atoms with E-state index in [-0.39, 0.29) is 0 Å². The molecule has 1 fully saturated rings. The van der Waals surface area contributed by atoms with Gasteiger partial charge in [0.25, 0.3) is 0 Å². The molecule has 2 aromatic heterocycles. The van der Waals surface area contributed by atoms with E-state index in [1.54, 1.807) is 0 Å². The zero-order valence-corrected chi connectivity index (χ0v) is 15.0. The van der Waals surface area contributed by atoms with E-state index in [4.69, 9.17) is 9.97 Å². The van der Waals surface area contributed by atoms with Gasteiger partial charge in [0.05, 0.1) is 5.69 Å². The minimum Gasteiger partial charge on any atom is -0.367 e. The van der Waals surface area contributed by atoms with Crippen LogP contribution in [0, 0.1) is 0 Å². The monoisotopic (exact) mass is 338 g/mol. The minimum atomic E-state index is 0.331. The first-order valence-corrected chi connectivity index (χ1v) is 9.21. The van der Waals surface area contributed by atoms with Crippen LogP contribution in [0.2, 0.25) is 0 Å². The molecule has 25 heavy (non-hydrogen) atoms. The van der Waals surface area contributed by atoms with Crippen molar-refractivity contribution in [1.82, 2.24) is 19.9 Å². The van der Waals surface area contributed by atoms with Crippen molar-refractivity contribution in [1.29, 1.82) is 0 Å². The van der Waals surface area contributed by atoms with Crippen LogP contribution in [0.15, 0.2) is 24.5 Å². The standard InChI is InChI=1S/C19H26N6/c1-13(2)21-19-23-17-7-9-25(11-14-4-3-8-20-10-14)12-16(17)18(24-19)22-15-5-6-15/h3-4,8,10,13,15H,5-7,9,11-12H2,1-2H3,(H2,21,22,23,24). The fourth-order valence-corrected chi connectivity index (χ4v) is 3.22. The number of hydrogen-bond acceptors (Lipinski definition) is 6. The van der Waals surface area contributed by atoms with E-state index in [0.29, 0.717) is 12.1 Å². The molecule has 6 nitrogen and oxygen atoms in total. The van der Waals surface area contributed by atoms with Gasteiger partial charge >= 0.3 is 0 Å². The number of aromatic nitrogens is 3. The van der Waals surface area contributed by atoms with E-state index in [1.165, 1.54) is 29.7 Å². The van der Waals surface area contributed by atoms with Crippen LogP contribution >= 0.6 is 0 Å². The number of rotatable bonds is 6. The van der Waals surface area contributed by atoms with Crippen LogP contribution in [-0.4, -0.2) is 38.5 Å². The summed E-state index contributed by atoms with van der Waals surface area (Å²) in [5.41, 5.74) is 3.70. The maximum atomic E-state index is 4.78. The van der Waals surface area contributed by atoms with Gasteiger partial charge in [-0.2, -0.15) is 4.98 Å². The molecule has 0 unspecified atom stereocenters. The number of hydrogen-bond donors (Lipinski definition) is 2. The first kappa shape index (κ1) is 16.3. The molecule has 2 aliphatic rings.